The third-order valence-electron chi connectivity index (χ3n) is 1.46. The van der Waals surface area contributed by atoms with Crippen LogP contribution in [0.1, 0.15) is 13.3 Å². The normalized spacial score (nSPS) is 11.4. The maximum atomic E-state index is 5.87. The zero-order chi connectivity index (χ0) is 10.2. The maximum Gasteiger partial charge on any atom is 0.200 e. The van der Waals surface area contributed by atoms with Crippen LogP contribution in [0.3, 0.4) is 0 Å². The number of halogens is 1. The zero-order valence-corrected chi connectivity index (χ0v) is 9.65. The highest BCUT2D eigenvalue weighted by molar-refractivity contribution is 8.02. The summed E-state index contributed by atoms with van der Waals surface area (Å²) in [4.78, 5) is 0. The van der Waals surface area contributed by atoms with Gasteiger partial charge in [0.2, 0.25) is 0 Å². The Labute approximate surface area is 94.1 Å². The van der Waals surface area contributed by atoms with E-state index in [1.807, 2.05) is 35.7 Å². The molecule has 0 heterocycles. The summed E-state index contributed by atoms with van der Waals surface area (Å²) in [5, 5.41) is 2.26. The van der Waals surface area contributed by atoms with Crippen molar-refractivity contribution in [3.05, 3.63) is 41.0 Å². The van der Waals surface area contributed by atoms with Gasteiger partial charge in [0, 0.05) is 5.41 Å². The minimum absolute atomic E-state index is 0.426. The van der Waals surface area contributed by atoms with E-state index in [1.54, 1.807) is 11.8 Å². The van der Waals surface area contributed by atoms with Gasteiger partial charge in [0.15, 0.2) is 5.22 Å². The molecule has 3 heteroatoms. The summed E-state index contributed by atoms with van der Waals surface area (Å²) in [6.45, 7) is 2.13. The molecule has 0 amide bonds. The highest BCUT2D eigenvalue weighted by Crippen LogP contribution is 2.18. The Morgan fingerprint density at radius 2 is 2.14 bits per heavy atom. The van der Waals surface area contributed by atoms with Gasteiger partial charge in [0.25, 0.3) is 0 Å². The molecule has 0 N–H and O–H groups in total. The summed E-state index contributed by atoms with van der Waals surface area (Å²) < 4.78 is 5.37. The van der Waals surface area contributed by atoms with Gasteiger partial charge < -0.3 is 4.74 Å². The molecule has 0 radical (unpaired) electrons. The number of rotatable bonds is 5. The van der Waals surface area contributed by atoms with Gasteiger partial charge in [-0.05, 0) is 35.9 Å². The van der Waals surface area contributed by atoms with Gasteiger partial charge in [-0.1, -0.05) is 25.1 Å². The molecule has 0 bridgehead atoms. The third kappa shape index (κ3) is 4.58. The number of hydrogen-bond donors (Lipinski definition) is 0. The summed E-state index contributed by atoms with van der Waals surface area (Å²) in [5.74, 6) is 1.83. The summed E-state index contributed by atoms with van der Waals surface area (Å²) in [5.41, 5.74) is 0. The summed E-state index contributed by atoms with van der Waals surface area (Å²) in [7, 11) is 0. The first-order valence-corrected chi connectivity index (χ1v) is 5.95. The molecule has 0 aliphatic carbocycles. The Balaban J connectivity index is 2.40. The second kappa shape index (κ2) is 6.80. The van der Waals surface area contributed by atoms with Crippen LogP contribution < -0.4 is 4.74 Å². The molecule has 0 unspecified atom stereocenters. The monoisotopic (exact) mass is 228 g/mol. The second-order valence-corrected chi connectivity index (χ2v) is 4.06. The lowest BCUT2D eigenvalue weighted by molar-refractivity contribution is 0.464. The summed E-state index contributed by atoms with van der Waals surface area (Å²) >= 11 is 7.53. The number of benzene rings is 1. The smallest absolute Gasteiger partial charge is 0.200 e. The first-order valence-electron chi connectivity index (χ1n) is 4.53. The van der Waals surface area contributed by atoms with Crippen LogP contribution in [0.15, 0.2) is 41.0 Å². The van der Waals surface area contributed by atoms with Crippen LogP contribution in [0.2, 0.25) is 0 Å². The van der Waals surface area contributed by atoms with Crippen molar-refractivity contribution in [3.63, 3.8) is 0 Å². The third-order valence-corrected chi connectivity index (χ3v) is 2.80. The van der Waals surface area contributed by atoms with E-state index in [2.05, 4.69) is 6.92 Å². The zero-order valence-electron chi connectivity index (χ0n) is 8.07. The van der Waals surface area contributed by atoms with E-state index >= 15 is 0 Å². The van der Waals surface area contributed by atoms with Crippen LogP contribution in [-0.2, 0) is 0 Å². The summed E-state index contributed by atoms with van der Waals surface area (Å²) in [6, 6.07) is 9.52. The van der Waals surface area contributed by atoms with Crippen LogP contribution in [-0.4, -0.2) is 5.75 Å². The Morgan fingerprint density at radius 3 is 2.79 bits per heavy atom. The van der Waals surface area contributed by atoms with E-state index in [9.17, 15) is 0 Å². The molecule has 0 aromatic heterocycles. The van der Waals surface area contributed by atoms with E-state index in [-0.39, 0.29) is 0 Å². The molecule has 0 aliphatic heterocycles. The van der Waals surface area contributed by atoms with Crippen molar-refractivity contribution in [3.8, 4) is 5.75 Å². The average Bonchev–Trinajstić information content (AvgIpc) is 2.20. The molecule has 0 spiro atoms. The molecule has 1 aromatic carbocycles. The van der Waals surface area contributed by atoms with Crippen molar-refractivity contribution in [2.45, 2.75) is 13.3 Å². The first-order chi connectivity index (χ1) is 6.83. The number of para-hydroxylation sites is 1. The predicted octanol–water partition coefficient (Wildman–Crippen LogP) is 4.25. The molecule has 1 nitrogen and oxygen atoms in total. The molecular weight excluding hydrogens is 216 g/mol. The molecule has 76 valence electrons. The fourth-order valence-corrected chi connectivity index (χ4v) is 1.68. The molecule has 1 aromatic rings. The minimum atomic E-state index is 0.426. The largest absolute Gasteiger partial charge is 0.445 e. The highest BCUT2D eigenvalue weighted by atomic mass is 35.5. The lowest BCUT2D eigenvalue weighted by Gasteiger charge is -2.02. The fraction of sp³-hybridized carbons (Fsp3) is 0.273. The maximum absolute atomic E-state index is 5.87. The van der Waals surface area contributed by atoms with E-state index in [0.29, 0.717) is 5.22 Å². The molecule has 0 atom stereocenters. The van der Waals surface area contributed by atoms with Crippen molar-refractivity contribution in [2.75, 3.05) is 5.75 Å². The number of ether oxygens (including phenoxy) is 1. The van der Waals surface area contributed by atoms with Crippen LogP contribution in [0.25, 0.3) is 0 Å². The van der Waals surface area contributed by atoms with Gasteiger partial charge in [-0.2, -0.15) is 0 Å². The van der Waals surface area contributed by atoms with Crippen LogP contribution in [0.5, 0.6) is 5.75 Å². The Morgan fingerprint density at radius 1 is 1.43 bits per heavy atom. The first kappa shape index (κ1) is 11.5. The molecule has 0 fully saturated rings. The van der Waals surface area contributed by atoms with Crippen LogP contribution in [0.4, 0.5) is 0 Å². The lowest BCUT2D eigenvalue weighted by Crippen LogP contribution is -1.86. The number of thioether (sulfide) groups is 1. The van der Waals surface area contributed by atoms with Crippen molar-refractivity contribution < 1.29 is 4.74 Å². The van der Waals surface area contributed by atoms with Gasteiger partial charge in [0.1, 0.15) is 5.75 Å². The van der Waals surface area contributed by atoms with E-state index < -0.39 is 0 Å². The van der Waals surface area contributed by atoms with Gasteiger partial charge in [0.05, 0.1) is 0 Å². The lowest BCUT2D eigenvalue weighted by atomic mass is 10.3. The van der Waals surface area contributed by atoms with Crippen LogP contribution in [0, 0.1) is 0 Å². The molecule has 14 heavy (non-hydrogen) atoms. The van der Waals surface area contributed by atoms with Crippen molar-refractivity contribution in [1.29, 1.82) is 0 Å². The highest BCUT2D eigenvalue weighted by Gasteiger charge is 1.95. The van der Waals surface area contributed by atoms with Crippen molar-refractivity contribution in [2.24, 2.45) is 0 Å². The fourth-order valence-electron chi connectivity index (χ4n) is 0.867. The summed E-state index contributed by atoms with van der Waals surface area (Å²) in [6.07, 6.45) is 1.14. The van der Waals surface area contributed by atoms with Gasteiger partial charge >= 0.3 is 0 Å². The molecular formula is C11H13ClOS. The second-order valence-electron chi connectivity index (χ2n) is 2.71. The Hall–Kier alpha value is -0.600. The van der Waals surface area contributed by atoms with Gasteiger partial charge in [-0.15, -0.1) is 11.8 Å². The minimum Gasteiger partial charge on any atom is -0.445 e. The average molecular weight is 229 g/mol. The van der Waals surface area contributed by atoms with E-state index in [0.717, 1.165) is 17.9 Å². The predicted molar refractivity (Wildman–Crippen MR) is 63.8 cm³/mol. The van der Waals surface area contributed by atoms with Crippen LogP contribution >= 0.6 is 23.4 Å². The standard InChI is InChI=1S/C11H13ClOS/c1-2-8-14-9-11(12)13-10-6-4-3-5-7-10/h3-7,9H,2,8H2,1H3/b11-9-. The topological polar surface area (TPSA) is 9.23 Å². The number of hydrogen-bond acceptors (Lipinski definition) is 2. The molecule has 0 aliphatic rings. The molecule has 0 saturated heterocycles. The Bertz CT molecular complexity index is 285. The molecule has 1 rings (SSSR count). The van der Waals surface area contributed by atoms with E-state index in [4.69, 9.17) is 16.3 Å². The Kier molecular flexibility index (Phi) is 5.57. The van der Waals surface area contributed by atoms with E-state index in [1.165, 1.54) is 0 Å². The molecule has 0 saturated carbocycles. The van der Waals surface area contributed by atoms with Crippen molar-refractivity contribution >= 4 is 23.4 Å². The SMILES string of the molecule is CCCS/C=C(/Cl)Oc1ccccc1. The van der Waals surface area contributed by atoms with Crippen molar-refractivity contribution in [1.82, 2.24) is 0 Å². The quantitative estimate of drug-likeness (QED) is 0.551. The van der Waals surface area contributed by atoms with Gasteiger partial charge in [-0.25, -0.2) is 0 Å². The van der Waals surface area contributed by atoms with Gasteiger partial charge in [-0.3, -0.25) is 0 Å².